The number of ether oxygens (including phenoxy) is 2. The molecule has 1 amide bonds. The molecule has 5 heteroatoms. The molecular formula is C18H26N2O3. The molecule has 0 aromatic heterocycles. The first-order chi connectivity index (χ1) is 11.3. The van der Waals surface area contributed by atoms with Gasteiger partial charge in [0, 0.05) is 19.6 Å². The lowest BCUT2D eigenvalue weighted by Crippen LogP contribution is -2.38. The number of carbonyl (C=O) groups is 1. The van der Waals surface area contributed by atoms with Crippen LogP contribution in [0.1, 0.15) is 18.4 Å². The first-order valence-electron chi connectivity index (χ1n) is 8.61. The molecule has 5 nitrogen and oxygen atoms in total. The average Bonchev–Trinajstić information content (AvgIpc) is 2.61. The van der Waals surface area contributed by atoms with Gasteiger partial charge in [-0.25, -0.2) is 0 Å². The Morgan fingerprint density at radius 2 is 2.04 bits per heavy atom. The lowest BCUT2D eigenvalue weighted by Gasteiger charge is -2.26. The quantitative estimate of drug-likeness (QED) is 0.807. The molecule has 0 aliphatic carbocycles. The van der Waals surface area contributed by atoms with Crippen LogP contribution in [0, 0.1) is 5.92 Å². The summed E-state index contributed by atoms with van der Waals surface area (Å²) in [6, 6.07) is 7.97. The molecule has 1 fully saturated rings. The number of amides is 1. The minimum atomic E-state index is -0.0656. The number of unbranched alkanes of at least 4 members (excludes halogenated alkanes) is 1. The second-order valence-corrected chi connectivity index (χ2v) is 6.27. The molecule has 23 heavy (non-hydrogen) atoms. The molecule has 1 aromatic carbocycles. The SMILES string of the molecule is O=C(NCCCCN1CCOCC1)[C@@H]1COc2ccccc2C1. The molecule has 0 saturated carbocycles. The highest BCUT2D eigenvalue weighted by atomic mass is 16.5. The molecule has 2 aliphatic heterocycles. The molecule has 0 spiro atoms. The molecule has 126 valence electrons. The third-order valence-electron chi connectivity index (χ3n) is 4.55. The van der Waals surface area contributed by atoms with Crippen LogP contribution in [0.2, 0.25) is 0 Å². The highest BCUT2D eigenvalue weighted by Gasteiger charge is 2.25. The van der Waals surface area contributed by atoms with Crippen molar-refractivity contribution < 1.29 is 14.3 Å². The van der Waals surface area contributed by atoms with Crippen LogP contribution in [0.5, 0.6) is 5.75 Å². The zero-order chi connectivity index (χ0) is 15.9. The summed E-state index contributed by atoms with van der Waals surface area (Å²) in [5.74, 6) is 0.970. The van der Waals surface area contributed by atoms with Crippen molar-refractivity contribution in [2.24, 2.45) is 5.92 Å². The van der Waals surface area contributed by atoms with Crippen molar-refractivity contribution in [1.29, 1.82) is 0 Å². The topological polar surface area (TPSA) is 50.8 Å². The Bertz CT molecular complexity index is 515. The average molecular weight is 318 g/mol. The molecular weight excluding hydrogens is 292 g/mol. The van der Waals surface area contributed by atoms with Crippen molar-refractivity contribution in [3.05, 3.63) is 29.8 Å². The van der Waals surface area contributed by atoms with E-state index in [4.69, 9.17) is 9.47 Å². The van der Waals surface area contributed by atoms with Crippen LogP contribution in [0.25, 0.3) is 0 Å². The minimum absolute atomic E-state index is 0.0656. The fourth-order valence-corrected chi connectivity index (χ4v) is 3.14. The van der Waals surface area contributed by atoms with Crippen molar-refractivity contribution in [3.63, 3.8) is 0 Å². The zero-order valence-corrected chi connectivity index (χ0v) is 13.6. The van der Waals surface area contributed by atoms with Gasteiger partial charge >= 0.3 is 0 Å². The zero-order valence-electron chi connectivity index (χ0n) is 13.6. The number of hydrogen-bond donors (Lipinski definition) is 1. The Hall–Kier alpha value is -1.59. The van der Waals surface area contributed by atoms with Crippen molar-refractivity contribution in [2.75, 3.05) is 46.0 Å². The van der Waals surface area contributed by atoms with Gasteiger partial charge in [0.2, 0.25) is 5.91 Å². The monoisotopic (exact) mass is 318 g/mol. The maximum Gasteiger partial charge on any atom is 0.226 e. The van der Waals surface area contributed by atoms with E-state index in [9.17, 15) is 4.79 Å². The highest BCUT2D eigenvalue weighted by Crippen LogP contribution is 2.26. The van der Waals surface area contributed by atoms with Gasteiger partial charge in [0.05, 0.1) is 19.1 Å². The second-order valence-electron chi connectivity index (χ2n) is 6.27. The molecule has 2 aliphatic rings. The van der Waals surface area contributed by atoms with E-state index in [2.05, 4.69) is 10.2 Å². The number of hydrogen-bond acceptors (Lipinski definition) is 4. The Morgan fingerprint density at radius 3 is 2.91 bits per heavy atom. The molecule has 1 saturated heterocycles. The molecule has 0 radical (unpaired) electrons. The first-order valence-corrected chi connectivity index (χ1v) is 8.61. The molecule has 2 heterocycles. The van der Waals surface area contributed by atoms with Crippen LogP contribution >= 0.6 is 0 Å². The standard InChI is InChI=1S/C18H26N2O3/c21-18(16-13-15-5-1-2-6-17(15)23-14-16)19-7-3-4-8-20-9-11-22-12-10-20/h1-2,5-6,16H,3-4,7-14H2,(H,19,21)/t16-/m0/s1. The van der Waals surface area contributed by atoms with Gasteiger partial charge in [-0.05, 0) is 37.4 Å². The van der Waals surface area contributed by atoms with Gasteiger partial charge in [0.1, 0.15) is 12.4 Å². The molecule has 0 bridgehead atoms. The highest BCUT2D eigenvalue weighted by molar-refractivity contribution is 5.79. The van der Waals surface area contributed by atoms with Gasteiger partial charge in [-0.1, -0.05) is 18.2 Å². The Labute approximate surface area is 137 Å². The van der Waals surface area contributed by atoms with E-state index in [0.717, 1.165) is 70.0 Å². The van der Waals surface area contributed by atoms with E-state index in [1.807, 2.05) is 24.3 Å². The summed E-state index contributed by atoms with van der Waals surface area (Å²) in [7, 11) is 0. The van der Waals surface area contributed by atoms with Gasteiger partial charge in [-0.15, -0.1) is 0 Å². The van der Waals surface area contributed by atoms with Crippen LogP contribution < -0.4 is 10.1 Å². The Morgan fingerprint density at radius 1 is 1.22 bits per heavy atom. The number of nitrogens with zero attached hydrogens (tertiary/aromatic N) is 1. The smallest absolute Gasteiger partial charge is 0.226 e. The Kier molecular flexibility index (Phi) is 5.88. The third kappa shape index (κ3) is 4.69. The molecule has 0 unspecified atom stereocenters. The first kappa shape index (κ1) is 16.3. The number of nitrogens with one attached hydrogen (secondary N) is 1. The predicted molar refractivity (Wildman–Crippen MR) is 88.6 cm³/mol. The fraction of sp³-hybridized carbons (Fsp3) is 0.611. The van der Waals surface area contributed by atoms with Crippen LogP contribution in [-0.2, 0) is 16.0 Å². The maximum absolute atomic E-state index is 12.3. The van der Waals surface area contributed by atoms with Crippen LogP contribution in [0.4, 0.5) is 0 Å². The summed E-state index contributed by atoms with van der Waals surface area (Å²) in [4.78, 5) is 14.7. The van der Waals surface area contributed by atoms with Crippen LogP contribution in [0.3, 0.4) is 0 Å². The number of fused-ring (bicyclic) bond motifs is 1. The number of morpholine rings is 1. The van der Waals surface area contributed by atoms with Gasteiger partial charge in [-0.3, -0.25) is 9.69 Å². The summed E-state index contributed by atoms with van der Waals surface area (Å²) in [5.41, 5.74) is 1.13. The maximum atomic E-state index is 12.3. The van der Waals surface area contributed by atoms with E-state index in [0.29, 0.717) is 6.61 Å². The van der Waals surface area contributed by atoms with E-state index in [1.165, 1.54) is 0 Å². The molecule has 1 N–H and O–H groups in total. The summed E-state index contributed by atoms with van der Waals surface area (Å²) in [5, 5.41) is 3.06. The van der Waals surface area contributed by atoms with Crippen molar-refractivity contribution in [2.45, 2.75) is 19.3 Å². The van der Waals surface area contributed by atoms with Crippen LogP contribution in [-0.4, -0.2) is 56.8 Å². The van der Waals surface area contributed by atoms with Gasteiger partial charge in [-0.2, -0.15) is 0 Å². The minimum Gasteiger partial charge on any atom is -0.492 e. The third-order valence-corrected chi connectivity index (χ3v) is 4.55. The van der Waals surface area contributed by atoms with Crippen molar-refractivity contribution in [1.82, 2.24) is 10.2 Å². The summed E-state index contributed by atoms with van der Waals surface area (Å²) < 4.78 is 11.0. The van der Waals surface area contributed by atoms with Gasteiger partial charge in [0.25, 0.3) is 0 Å². The summed E-state index contributed by atoms with van der Waals surface area (Å²) in [6.07, 6.45) is 2.91. The van der Waals surface area contributed by atoms with Crippen LogP contribution in [0.15, 0.2) is 24.3 Å². The predicted octanol–water partition coefficient (Wildman–Crippen LogP) is 1.47. The van der Waals surface area contributed by atoms with E-state index >= 15 is 0 Å². The van der Waals surface area contributed by atoms with Gasteiger partial charge < -0.3 is 14.8 Å². The van der Waals surface area contributed by atoms with E-state index < -0.39 is 0 Å². The fourth-order valence-electron chi connectivity index (χ4n) is 3.14. The number of para-hydroxylation sites is 1. The lowest BCUT2D eigenvalue weighted by atomic mass is 9.96. The second kappa shape index (κ2) is 8.31. The Balaban J connectivity index is 1.32. The molecule has 3 rings (SSSR count). The van der Waals surface area contributed by atoms with Gasteiger partial charge in [0.15, 0.2) is 0 Å². The normalized spacial score (nSPS) is 21.3. The largest absolute Gasteiger partial charge is 0.492 e. The van der Waals surface area contributed by atoms with Crippen molar-refractivity contribution in [3.8, 4) is 5.75 Å². The lowest BCUT2D eigenvalue weighted by molar-refractivity contribution is -0.126. The summed E-state index contributed by atoms with van der Waals surface area (Å²) >= 11 is 0. The summed E-state index contributed by atoms with van der Waals surface area (Å²) in [6.45, 7) is 6.09. The van der Waals surface area contributed by atoms with Crippen molar-refractivity contribution >= 4 is 5.91 Å². The molecule has 1 aromatic rings. The number of rotatable bonds is 6. The van der Waals surface area contributed by atoms with E-state index in [-0.39, 0.29) is 11.8 Å². The molecule has 1 atom stereocenters. The van der Waals surface area contributed by atoms with E-state index in [1.54, 1.807) is 0 Å². The number of benzene rings is 1. The number of carbonyl (C=O) groups excluding carboxylic acids is 1.